The maximum atomic E-state index is 11.8. The third-order valence-corrected chi connectivity index (χ3v) is 3.36. The molecule has 0 radical (unpaired) electrons. The molecule has 4 nitrogen and oxygen atoms in total. The molecular weight excluding hydrogens is 266 g/mol. The van der Waals surface area contributed by atoms with Gasteiger partial charge in [0.2, 0.25) is 0 Å². The van der Waals surface area contributed by atoms with Gasteiger partial charge < -0.3 is 14.8 Å². The van der Waals surface area contributed by atoms with E-state index >= 15 is 0 Å². The molecular formula is C17H25NO3. The van der Waals surface area contributed by atoms with E-state index in [1.54, 1.807) is 7.11 Å². The highest BCUT2D eigenvalue weighted by atomic mass is 16.5. The number of allylic oxidation sites excluding steroid dienone is 1. The second-order valence-electron chi connectivity index (χ2n) is 5.37. The summed E-state index contributed by atoms with van der Waals surface area (Å²) in [6.45, 7) is 9.80. The zero-order valence-corrected chi connectivity index (χ0v) is 13.3. The van der Waals surface area contributed by atoms with Crippen molar-refractivity contribution in [2.75, 3.05) is 13.7 Å². The molecule has 1 aromatic rings. The largest absolute Gasteiger partial charge is 0.493 e. The summed E-state index contributed by atoms with van der Waals surface area (Å²) >= 11 is 0. The number of rotatable bonds is 8. The van der Waals surface area contributed by atoms with E-state index in [2.05, 4.69) is 25.7 Å². The zero-order chi connectivity index (χ0) is 15.8. The van der Waals surface area contributed by atoms with Gasteiger partial charge in [0, 0.05) is 6.04 Å². The second kappa shape index (κ2) is 8.35. The van der Waals surface area contributed by atoms with Gasteiger partial charge in [-0.05, 0) is 37.0 Å². The minimum atomic E-state index is -0.131. The molecule has 0 saturated carbocycles. The van der Waals surface area contributed by atoms with Crippen LogP contribution in [0.4, 0.5) is 0 Å². The highest BCUT2D eigenvalue weighted by molar-refractivity contribution is 5.77. The minimum Gasteiger partial charge on any atom is -0.493 e. The number of hydrogen-bond acceptors (Lipinski definition) is 3. The Bertz CT molecular complexity index is 483. The van der Waals surface area contributed by atoms with Crippen LogP contribution in [0.2, 0.25) is 0 Å². The molecule has 1 rings (SSSR count). The quantitative estimate of drug-likeness (QED) is 0.749. The van der Waals surface area contributed by atoms with E-state index in [4.69, 9.17) is 9.47 Å². The Morgan fingerprint density at radius 3 is 2.62 bits per heavy atom. The molecule has 116 valence electrons. The lowest BCUT2D eigenvalue weighted by Gasteiger charge is -2.18. The van der Waals surface area contributed by atoms with Crippen LogP contribution >= 0.6 is 0 Å². The Balaban J connectivity index is 2.62. The monoisotopic (exact) mass is 291 g/mol. The summed E-state index contributed by atoms with van der Waals surface area (Å²) in [5.41, 5.74) is 1.09. The standard InChI is InChI=1S/C17H25NO3/c1-6-7-14-8-9-15(16(10-14)20-5)21-11-17(19)18-13(4)12(2)3/h6,8-10,12-13H,1,7,11H2,2-5H3,(H,18,19). The second-order valence-corrected chi connectivity index (χ2v) is 5.37. The Morgan fingerprint density at radius 1 is 1.33 bits per heavy atom. The lowest BCUT2D eigenvalue weighted by molar-refractivity contribution is -0.124. The summed E-state index contributed by atoms with van der Waals surface area (Å²) < 4.78 is 10.8. The molecule has 0 aliphatic heterocycles. The van der Waals surface area contributed by atoms with Crippen LogP contribution in [0.15, 0.2) is 30.9 Å². The summed E-state index contributed by atoms with van der Waals surface area (Å²) in [6.07, 6.45) is 2.60. The molecule has 0 heterocycles. The number of carbonyl (C=O) groups is 1. The summed E-state index contributed by atoms with van der Waals surface area (Å²) in [5, 5.41) is 2.90. The van der Waals surface area contributed by atoms with Crippen molar-refractivity contribution in [2.24, 2.45) is 5.92 Å². The van der Waals surface area contributed by atoms with Gasteiger partial charge in [0.15, 0.2) is 18.1 Å². The number of nitrogens with one attached hydrogen (secondary N) is 1. The average molecular weight is 291 g/mol. The summed E-state index contributed by atoms with van der Waals surface area (Å²) in [7, 11) is 1.58. The molecule has 0 spiro atoms. The van der Waals surface area contributed by atoms with Gasteiger partial charge in [-0.25, -0.2) is 0 Å². The van der Waals surface area contributed by atoms with Crippen LogP contribution in [0.25, 0.3) is 0 Å². The van der Waals surface area contributed by atoms with Gasteiger partial charge in [0.25, 0.3) is 5.91 Å². The van der Waals surface area contributed by atoms with E-state index in [9.17, 15) is 4.79 Å². The Kier molecular flexibility index (Phi) is 6.79. The summed E-state index contributed by atoms with van der Waals surface area (Å²) in [6, 6.07) is 5.77. The number of carbonyl (C=O) groups excluding carboxylic acids is 1. The number of benzene rings is 1. The molecule has 4 heteroatoms. The topological polar surface area (TPSA) is 47.6 Å². The van der Waals surface area contributed by atoms with Gasteiger partial charge in [0.05, 0.1) is 7.11 Å². The molecule has 1 aromatic carbocycles. The third kappa shape index (κ3) is 5.50. The Hall–Kier alpha value is -1.97. The number of methoxy groups -OCH3 is 1. The van der Waals surface area contributed by atoms with Crippen molar-refractivity contribution in [1.82, 2.24) is 5.32 Å². The van der Waals surface area contributed by atoms with Crippen molar-refractivity contribution in [3.05, 3.63) is 36.4 Å². The molecule has 1 N–H and O–H groups in total. The van der Waals surface area contributed by atoms with Crippen molar-refractivity contribution in [3.8, 4) is 11.5 Å². The fourth-order valence-corrected chi connectivity index (χ4v) is 1.73. The normalized spacial score (nSPS) is 11.9. The smallest absolute Gasteiger partial charge is 0.258 e. The first kappa shape index (κ1) is 17.1. The van der Waals surface area contributed by atoms with Crippen LogP contribution in [-0.2, 0) is 11.2 Å². The van der Waals surface area contributed by atoms with Crippen LogP contribution in [0, 0.1) is 5.92 Å². The van der Waals surface area contributed by atoms with E-state index in [1.165, 1.54) is 0 Å². The zero-order valence-electron chi connectivity index (χ0n) is 13.3. The van der Waals surface area contributed by atoms with E-state index in [1.807, 2.05) is 31.2 Å². The molecule has 0 aliphatic carbocycles. The Morgan fingerprint density at radius 2 is 2.05 bits per heavy atom. The molecule has 1 amide bonds. The molecule has 21 heavy (non-hydrogen) atoms. The summed E-state index contributed by atoms with van der Waals surface area (Å²) in [4.78, 5) is 11.8. The molecule has 0 aromatic heterocycles. The molecule has 1 atom stereocenters. The highest BCUT2D eigenvalue weighted by Gasteiger charge is 2.12. The highest BCUT2D eigenvalue weighted by Crippen LogP contribution is 2.28. The number of ether oxygens (including phenoxy) is 2. The van der Waals surface area contributed by atoms with Crippen molar-refractivity contribution < 1.29 is 14.3 Å². The lowest BCUT2D eigenvalue weighted by Crippen LogP contribution is -2.38. The van der Waals surface area contributed by atoms with Gasteiger partial charge in [0.1, 0.15) is 0 Å². The molecule has 0 bridgehead atoms. The van der Waals surface area contributed by atoms with Gasteiger partial charge in [-0.2, -0.15) is 0 Å². The van der Waals surface area contributed by atoms with E-state index < -0.39 is 0 Å². The van der Waals surface area contributed by atoms with Crippen molar-refractivity contribution in [1.29, 1.82) is 0 Å². The predicted octanol–water partition coefficient (Wildman–Crippen LogP) is 2.96. The van der Waals surface area contributed by atoms with Crippen LogP contribution in [0.3, 0.4) is 0 Å². The average Bonchev–Trinajstić information content (AvgIpc) is 2.45. The first-order valence-corrected chi connectivity index (χ1v) is 7.17. The minimum absolute atomic E-state index is 0.0196. The van der Waals surface area contributed by atoms with Gasteiger partial charge in [-0.3, -0.25) is 4.79 Å². The van der Waals surface area contributed by atoms with Gasteiger partial charge >= 0.3 is 0 Å². The third-order valence-electron chi connectivity index (χ3n) is 3.36. The maximum absolute atomic E-state index is 11.8. The van der Waals surface area contributed by atoms with Crippen LogP contribution in [-0.4, -0.2) is 25.7 Å². The molecule has 0 aliphatic rings. The molecule has 0 fully saturated rings. The lowest BCUT2D eigenvalue weighted by atomic mass is 10.1. The fourth-order valence-electron chi connectivity index (χ4n) is 1.73. The van der Waals surface area contributed by atoms with Crippen LogP contribution in [0.5, 0.6) is 11.5 Å². The van der Waals surface area contributed by atoms with Crippen LogP contribution in [0.1, 0.15) is 26.3 Å². The van der Waals surface area contributed by atoms with E-state index in [0.717, 1.165) is 12.0 Å². The first-order valence-electron chi connectivity index (χ1n) is 7.17. The fraction of sp³-hybridized carbons (Fsp3) is 0.471. The van der Waals surface area contributed by atoms with Gasteiger partial charge in [-0.15, -0.1) is 6.58 Å². The number of amides is 1. The molecule has 0 saturated heterocycles. The van der Waals surface area contributed by atoms with Crippen LogP contribution < -0.4 is 14.8 Å². The summed E-state index contributed by atoms with van der Waals surface area (Å²) in [5.74, 6) is 1.45. The first-order chi connectivity index (χ1) is 9.97. The SMILES string of the molecule is C=CCc1ccc(OCC(=O)NC(C)C(C)C)c(OC)c1. The number of hydrogen-bond donors (Lipinski definition) is 1. The van der Waals surface area contributed by atoms with Crippen molar-refractivity contribution in [2.45, 2.75) is 33.2 Å². The Labute approximate surface area is 127 Å². The van der Waals surface area contributed by atoms with E-state index in [-0.39, 0.29) is 18.6 Å². The van der Waals surface area contributed by atoms with E-state index in [0.29, 0.717) is 17.4 Å². The van der Waals surface area contributed by atoms with Crippen molar-refractivity contribution >= 4 is 5.91 Å². The maximum Gasteiger partial charge on any atom is 0.258 e. The molecule has 1 unspecified atom stereocenters. The van der Waals surface area contributed by atoms with Crippen molar-refractivity contribution in [3.63, 3.8) is 0 Å². The van der Waals surface area contributed by atoms with Gasteiger partial charge in [-0.1, -0.05) is 26.0 Å². The predicted molar refractivity (Wildman–Crippen MR) is 84.8 cm³/mol.